The van der Waals surface area contributed by atoms with E-state index in [1.165, 1.54) is 127 Å². The zero-order valence-corrected chi connectivity index (χ0v) is 41.7. The number of aromatic nitrogens is 2. The van der Waals surface area contributed by atoms with E-state index in [-0.39, 0.29) is 5.54 Å². The van der Waals surface area contributed by atoms with Gasteiger partial charge in [0.1, 0.15) is 0 Å². The van der Waals surface area contributed by atoms with Crippen LogP contribution in [0.15, 0.2) is 161 Å². The summed E-state index contributed by atoms with van der Waals surface area (Å²) in [5.74, 6) is 1.13. The summed E-state index contributed by atoms with van der Waals surface area (Å²) in [7, 11) is 0. The van der Waals surface area contributed by atoms with Gasteiger partial charge < -0.3 is 5.73 Å². The van der Waals surface area contributed by atoms with E-state index in [1.54, 1.807) is 11.1 Å². The number of allylic oxidation sites excluding steroid dienone is 8. The molecule has 15 rings (SSSR count). The molecule has 1 saturated heterocycles. The number of fused-ring (bicyclic) bond motifs is 16. The molecule has 5 heterocycles. The van der Waals surface area contributed by atoms with Crippen LogP contribution in [0.5, 0.6) is 0 Å². The Balaban J connectivity index is 0.938. The second-order valence-corrected chi connectivity index (χ2v) is 25.5. The maximum absolute atomic E-state index is 7.44. The van der Waals surface area contributed by atoms with Gasteiger partial charge >= 0.3 is 203 Å². The van der Waals surface area contributed by atoms with Gasteiger partial charge in [-0.1, -0.05) is 77.9 Å². The van der Waals surface area contributed by atoms with E-state index in [0.29, 0.717) is 11.8 Å². The molecule has 6 bridgehead atoms. The van der Waals surface area contributed by atoms with Gasteiger partial charge in [0.05, 0.1) is 11.2 Å². The average molecular weight is 991 g/mol. The van der Waals surface area contributed by atoms with Crippen molar-refractivity contribution >= 4 is 82.6 Å². The first kappa shape index (κ1) is 41.2. The number of nitrogens with zero attached hydrogens (tertiary/aromatic N) is 2. The minimum Gasteiger partial charge on any atom is -0.0696 e. The van der Waals surface area contributed by atoms with Gasteiger partial charge in [0.25, 0.3) is 0 Å². The SMILES string of the molecule is NC12CCC/C(=C/C=C\C=C/1c1ccccc1-c1ccc3c(c1)c1c(n3-c3ccc4oc5ccc(-n6c7c(c8ccccc86)C6CC[CH](CC/C=C\7)[Sn][CH2]6)cc5c4c3)/C=C\C=C3\CCCC1C3)C2. The van der Waals surface area contributed by atoms with Crippen molar-refractivity contribution < 1.29 is 4.42 Å². The maximum Gasteiger partial charge on any atom is -0.00930 e. The smallest absolute Gasteiger partial charge is 0.00930 e. The first-order valence-corrected chi connectivity index (χ1v) is 29.2. The largest absolute Gasteiger partial charge is 0.0696 e. The van der Waals surface area contributed by atoms with Crippen molar-refractivity contribution in [1.29, 1.82) is 0 Å². The Labute approximate surface area is 409 Å². The van der Waals surface area contributed by atoms with Gasteiger partial charge in [0.2, 0.25) is 0 Å². The molecule has 5 aromatic carbocycles. The number of hydrogen-bond donors (Lipinski definition) is 1. The van der Waals surface area contributed by atoms with Crippen LogP contribution in [0.1, 0.15) is 117 Å². The van der Waals surface area contributed by atoms with E-state index in [2.05, 4.69) is 167 Å². The molecule has 2 aliphatic heterocycles. The van der Waals surface area contributed by atoms with Crippen LogP contribution in [0.25, 0.3) is 84.0 Å². The summed E-state index contributed by atoms with van der Waals surface area (Å²) in [5.41, 5.74) is 27.6. The molecular weight excluding hydrogens is 933 g/mol. The molecule has 2 saturated carbocycles. The number of para-hydroxylation sites is 1. The zero-order chi connectivity index (χ0) is 44.9. The molecule has 0 spiro atoms. The predicted octanol–water partition coefficient (Wildman–Crippen LogP) is 16.5. The van der Waals surface area contributed by atoms with Crippen LogP contribution in [0, 0.1) is 0 Å². The molecule has 5 aliphatic carbocycles. The van der Waals surface area contributed by atoms with E-state index in [1.807, 2.05) is 0 Å². The van der Waals surface area contributed by atoms with Gasteiger partial charge in [-0.25, -0.2) is 0 Å². The summed E-state index contributed by atoms with van der Waals surface area (Å²) in [5, 5.41) is 5.11. The Morgan fingerprint density at radius 2 is 1.34 bits per heavy atom. The summed E-state index contributed by atoms with van der Waals surface area (Å²) in [6.07, 6.45) is 35.3. The molecule has 8 aromatic rings. The number of nitrogens with two attached hydrogens (primary N) is 1. The third kappa shape index (κ3) is 6.71. The van der Waals surface area contributed by atoms with E-state index in [0.717, 1.165) is 58.0 Å². The molecule has 5 heteroatoms. The Morgan fingerprint density at radius 3 is 2.18 bits per heavy atom. The topological polar surface area (TPSA) is 49.0 Å². The van der Waals surface area contributed by atoms with Gasteiger partial charge in [-0.05, 0) is 103 Å². The minimum absolute atomic E-state index is 0.384. The fraction of sp³-hybridized carbons (Fsp3) is 0.270. The molecule has 334 valence electrons. The van der Waals surface area contributed by atoms with Crippen molar-refractivity contribution in [3.8, 4) is 22.5 Å². The normalized spacial score (nSPS) is 27.1. The van der Waals surface area contributed by atoms with Gasteiger partial charge in [0, 0.05) is 10.9 Å². The molecule has 0 amide bonds. The molecule has 4 atom stereocenters. The van der Waals surface area contributed by atoms with Gasteiger partial charge in [-0.3, -0.25) is 0 Å². The first-order chi connectivity index (χ1) is 33.5. The molecule has 2 radical (unpaired) electrons. The fourth-order valence-electron chi connectivity index (χ4n) is 13.7. The Hall–Kier alpha value is -5.82. The van der Waals surface area contributed by atoms with Crippen LogP contribution in [0.2, 0.25) is 8.37 Å². The average Bonchev–Trinajstić information content (AvgIpc) is 4.01. The van der Waals surface area contributed by atoms with Crippen LogP contribution in [-0.4, -0.2) is 35.8 Å². The van der Waals surface area contributed by atoms with E-state index < -0.39 is 21.1 Å². The summed E-state index contributed by atoms with van der Waals surface area (Å²) in [4.78, 5) is 0. The predicted molar refractivity (Wildman–Crippen MR) is 286 cm³/mol. The quantitative estimate of drug-likeness (QED) is 0.179. The van der Waals surface area contributed by atoms with E-state index in [9.17, 15) is 0 Å². The molecule has 7 aliphatic rings. The number of rotatable bonds is 4. The zero-order valence-electron chi connectivity index (χ0n) is 38.8. The van der Waals surface area contributed by atoms with Gasteiger partial charge in [0.15, 0.2) is 0 Å². The van der Waals surface area contributed by atoms with Crippen molar-refractivity contribution in [3.05, 3.63) is 185 Å². The van der Waals surface area contributed by atoms with Crippen molar-refractivity contribution in [2.75, 3.05) is 0 Å². The summed E-state index contributed by atoms with van der Waals surface area (Å²) >= 11 is -0.394. The molecule has 68 heavy (non-hydrogen) atoms. The van der Waals surface area contributed by atoms with Gasteiger partial charge in [-0.2, -0.15) is 0 Å². The summed E-state index contributed by atoms with van der Waals surface area (Å²) in [6.45, 7) is 0. The van der Waals surface area contributed by atoms with Crippen LogP contribution < -0.4 is 5.73 Å². The van der Waals surface area contributed by atoms with Crippen molar-refractivity contribution in [1.82, 2.24) is 9.13 Å². The van der Waals surface area contributed by atoms with E-state index in [4.69, 9.17) is 10.2 Å². The molecular formula is C63H57N3OSn. The Bertz CT molecular complexity index is 3570. The first-order valence-electron chi connectivity index (χ1n) is 25.5. The minimum atomic E-state index is -0.394. The monoisotopic (exact) mass is 991 g/mol. The molecule has 2 N–H and O–H groups in total. The van der Waals surface area contributed by atoms with Gasteiger partial charge in [-0.15, -0.1) is 0 Å². The summed E-state index contributed by atoms with van der Waals surface area (Å²) in [6, 6.07) is 39.3. The van der Waals surface area contributed by atoms with Crippen LogP contribution >= 0.6 is 0 Å². The van der Waals surface area contributed by atoms with Crippen molar-refractivity contribution in [3.63, 3.8) is 0 Å². The molecule has 3 aromatic heterocycles. The second-order valence-electron chi connectivity index (χ2n) is 20.8. The molecule has 4 unspecified atom stereocenters. The third-order valence-electron chi connectivity index (χ3n) is 16.8. The fourth-order valence-corrected chi connectivity index (χ4v) is 18.7. The maximum atomic E-state index is 7.44. The van der Waals surface area contributed by atoms with Crippen molar-refractivity contribution in [2.24, 2.45) is 5.73 Å². The Kier molecular flexibility index (Phi) is 9.94. The van der Waals surface area contributed by atoms with Crippen molar-refractivity contribution in [2.45, 2.75) is 103 Å². The number of benzene rings is 5. The number of furan rings is 1. The molecule has 3 fully saturated rings. The van der Waals surface area contributed by atoms with E-state index >= 15 is 0 Å². The third-order valence-corrected chi connectivity index (χ3v) is 22.2. The van der Waals surface area contributed by atoms with Crippen LogP contribution in [0.3, 0.4) is 0 Å². The second kappa shape index (κ2) is 16.4. The standard InChI is InChI=1S/C63H57N3O.Sn/c1-41-16-5-3-2-4-6-27-57-61(41)50-24-10-12-26-55(50)65(57)46-30-33-59-51(38-46)52-39-47(31-34-60(52)67-59)66-56-32-29-44(37-53(56)62-45-21-13-18-42(36-45)19-14-28-58(62)66)48-22-8-9-23-49(48)54-25-11-7-17-43-20-15-35-63(54,64)40-43;/h3,6-12,14,17,19,22-34,37-39,41,45H,1-2,4-5,13,15-16,18,20-21,35-36,40,64H2;/b11-7-,27-6-,28-14-,42-19-,43-17-,54-25-;. The molecule has 4 nitrogen and oxygen atoms in total. The number of hydrogen-bond acceptors (Lipinski definition) is 2. The van der Waals surface area contributed by atoms with Crippen LogP contribution in [0.4, 0.5) is 0 Å². The Morgan fingerprint density at radius 1 is 0.603 bits per heavy atom. The van der Waals surface area contributed by atoms with Crippen LogP contribution in [-0.2, 0) is 0 Å². The summed E-state index contributed by atoms with van der Waals surface area (Å²) < 4.78 is 14.3.